The van der Waals surface area contributed by atoms with Gasteiger partial charge in [-0.1, -0.05) is 30.3 Å². The molecule has 0 saturated carbocycles. The van der Waals surface area contributed by atoms with Crippen molar-refractivity contribution in [3.05, 3.63) is 66.0 Å². The van der Waals surface area contributed by atoms with Crippen LogP contribution in [0, 0.1) is 0 Å². The number of hydrogen-bond acceptors (Lipinski definition) is 5. The van der Waals surface area contributed by atoms with Gasteiger partial charge in [-0.2, -0.15) is 10.2 Å². The second kappa shape index (κ2) is 9.81. The Morgan fingerprint density at radius 3 is 2.59 bits per heavy atom. The molecule has 0 aliphatic rings. The predicted molar refractivity (Wildman–Crippen MR) is 133 cm³/mol. The zero-order chi connectivity index (χ0) is 24.3. The molecule has 0 aliphatic carbocycles. The van der Waals surface area contributed by atoms with Gasteiger partial charge in [0.2, 0.25) is 0 Å². The first-order valence-electron chi connectivity index (χ1n) is 11.7. The van der Waals surface area contributed by atoms with Gasteiger partial charge >= 0.3 is 0 Å². The van der Waals surface area contributed by atoms with Crippen molar-refractivity contribution < 1.29 is 14.3 Å². The highest BCUT2D eigenvalue weighted by Crippen LogP contribution is 2.28. The number of para-hydroxylation sites is 1. The van der Waals surface area contributed by atoms with Crippen LogP contribution in [0.3, 0.4) is 0 Å². The van der Waals surface area contributed by atoms with E-state index >= 15 is 0 Å². The molecule has 0 fully saturated rings. The summed E-state index contributed by atoms with van der Waals surface area (Å²) in [5, 5.41) is 10.4. The van der Waals surface area contributed by atoms with E-state index in [9.17, 15) is 4.79 Å². The number of hydrogen-bond donors (Lipinski definition) is 0. The Hall–Kier alpha value is -3.45. The smallest absolute Gasteiger partial charge is 0.161 e. The number of carbonyl (C=O) groups excluding carboxylic acids is 1. The number of benzene rings is 2. The molecule has 2 aromatic carbocycles. The quantitative estimate of drug-likeness (QED) is 0.323. The third-order valence-electron chi connectivity index (χ3n) is 6.09. The molecule has 0 N–H and O–H groups in total. The Balaban J connectivity index is 1.75. The normalized spacial score (nSPS) is 11.8. The molecular weight excluding hydrogens is 428 g/mol. The molecule has 34 heavy (non-hydrogen) atoms. The minimum atomic E-state index is -0.863. The van der Waals surface area contributed by atoms with Crippen LogP contribution in [0.25, 0.3) is 22.2 Å². The number of nitrogens with zero attached hydrogens (tertiary/aromatic N) is 4. The number of fused-ring (bicyclic) bond motifs is 1. The molecule has 0 unspecified atom stereocenters. The summed E-state index contributed by atoms with van der Waals surface area (Å²) in [6.07, 6.45) is 1.89. The molecule has 7 nitrogen and oxygen atoms in total. The topological polar surface area (TPSA) is 71.2 Å². The fourth-order valence-electron chi connectivity index (χ4n) is 3.82. The van der Waals surface area contributed by atoms with Crippen molar-refractivity contribution in [1.29, 1.82) is 0 Å². The average molecular weight is 461 g/mol. The first-order chi connectivity index (χ1) is 16.3. The molecule has 2 heterocycles. The molecule has 0 saturated heterocycles. The van der Waals surface area contributed by atoms with Gasteiger partial charge in [-0.15, -0.1) is 0 Å². The van der Waals surface area contributed by atoms with Crippen molar-refractivity contribution in [3.63, 3.8) is 0 Å². The summed E-state index contributed by atoms with van der Waals surface area (Å²) in [7, 11) is 0. The molecule has 0 spiro atoms. The number of Topliss-reactive ketones (excluding diaryl/α,β-unsaturated/α-hetero) is 1. The van der Waals surface area contributed by atoms with Crippen molar-refractivity contribution in [2.75, 3.05) is 6.61 Å². The molecule has 178 valence electrons. The Kier molecular flexibility index (Phi) is 6.84. The van der Waals surface area contributed by atoms with Crippen LogP contribution in [0.4, 0.5) is 0 Å². The number of ether oxygens (including phenoxy) is 2. The van der Waals surface area contributed by atoms with Gasteiger partial charge in [0.25, 0.3) is 0 Å². The molecule has 7 heteroatoms. The van der Waals surface area contributed by atoms with Crippen LogP contribution < -0.4 is 4.74 Å². The zero-order valence-corrected chi connectivity index (χ0v) is 20.5. The number of carbonyl (C=O) groups is 1. The first-order valence-corrected chi connectivity index (χ1v) is 11.7. The highest BCUT2D eigenvalue weighted by atomic mass is 16.5. The number of ketones is 1. The van der Waals surface area contributed by atoms with Gasteiger partial charge in [0.15, 0.2) is 5.78 Å². The number of aryl methyl sites for hydroxylation is 1. The predicted octanol–water partition coefficient (Wildman–Crippen LogP) is 5.25. The highest BCUT2D eigenvalue weighted by molar-refractivity contribution is 5.84. The average Bonchev–Trinajstić information content (AvgIpc) is 3.42. The van der Waals surface area contributed by atoms with Crippen LogP contribution in [0.2, 0.25) is 0 Å². The summed E-state index contributed by atoms with van der Waals surface area (Å²) in [5.41, 5.74) is 4.04. The third-order valence-corrected chi connectivity index (χ3v) is 6.09. The van der Waals surface area contributed by atoms with Gasteiger partial charge in [-0.05, 0) is 52.8 Å². The monoisotopic (exact) mass is 460 g/mol. The van der Waals surface area contributed by atoms with E-state index in [-0.39, 0.29) is 12.4 Å². The van der Waals surface area contributed by atoms with Crippen LogP contribution in [0.5, 0.6) is 5.75 Å². The van der Waals surface area contributed by atoms with Gasteiger partial charge in [0.1, 0.15) is 11.4 Å². The molecule has 0 radical (unpaired) electrons. The van der Waals surface area contributed by atoms with Crippen molar-refractivity contribution in [1.82, 2.24) is 19.6 Å². The third kappa shape index (κ3) is 4.89. The fourth-order valence-corrected chi connectivity index (χ4v) is 3.82. The van der Waals surface area contributed by atoms with Gasteiger partial charge in [0.05, 0.1) is 42.9 Å². The van der Waals surface area contributed by atoms with E-state index in [2.05, 4.69) is 36.3 Å². The zero-order valence-electron chi connectivity index (χ0n) is 20.5. The van der Waals surface area contributed by atoms with Crippen LogP contribution in [0.1, 0.15) is 45.9 Å². The lowest BCUT2D eigenvalue weighted by Crippen LogP contribution is -2.32. The van der Waals surface area contributed by atoms with Gasteiger partial charge in [-0.3, -0.25) is 14.2 Å². The molecule has 0 aliphatic heterocycles. The minimum absolute atomic E-state index is 0.0175. The van der Waals surface area contributed by atoms with Crippen LogP contribution in [-0.4, -0.2) is 37.6 Å². The maximum atomic E-state index is 11.9. The SMILES string of the molecule is CCOc1ccccc1Cn1nc(COC(C)(C)C(C)=O)cc1-c1ccc2cnn(CC)c2c1. The van der Waals surface area contributed by atoms with E-state index in [1.54, 1.807) is 20.8 Å². The highest BCUT2D eigenvalue weighted by Gasteiger charge is 2.25. The van der Waals surface area contributed by atoms with Gasteiger partial charge in [0, 0.05) is 23.1 Å². The van der Waals surface area contributed by atoms with Crippen molar-refractivity contribution >= 4 is 16.7 Å². The molecule has 2 aromatic heterocycles. The van der Waals surface area contributed by atoms with Crippen LogP contribution in [-0.2, 0) is 29.2 Å². The maximum absolute atomic E-state index is 11.9. The summed E-state index contributed by atoms with van der Waals surface area (Å²) >= 11 is 0. The lowest BCUT2D eigenvalue weighted by Gasteiger charge is -2.21. The van der Waals surface area contributed by atoms with Crippen molar-refractivity contribution in [3.8, 4) is 17.0 Å². The summed E-state index contributed by atoms with van der Waals surface area (Å²) < 4.78 is 15.7. The molecule has 0 bridgehead atoms. The second-order valence-electron chi connectivity index (χ2n) is 8.81. The van der Waals surface area contributed by atoms with Gasteiger partial charge < -0.3 is 9.47 Å². The number of aromatic nitrogens is 4. The Morgan fingerprint density at radius 2 is 1.85 bits per heavy atom. The van der Waals surface area contributed by atoms with E-state index in [1.165, 1.54) is 0 Å². The summed E-state index contributed by atoms with van der Waals surface area (Å²) in [6.45, 7) is 11.4. The van der Waals surface area contributed by atoms with Crippen LogP contribution >= 0.6 is 0 Å². The molecule has 0 atom stereocenters. The molecular formula is C27H32N4O3. The lowest BCUT2D eigenvalue weighted by molar-refractivity contribution is -0.139. The van der Waals surface area contributed by atoms with Crippen LogP contribution in [0.15, 0.2) is 54.7 Å². The number of rotatable bonds is 10. The van der Waals surface area contributed by atoms with Gasteiger partial charge in [-0.25, -0.2) is 0 Å². The van der Waals surface area contributed by atoms with E-state index in [1.807, 2.05) is 46.7 Å². The van der Waals surface area contributed by atoms with E-state index in [0.29, 0.717) is 13.2 Å². The van der Waals surface area contributed by atoms with E-state index in [0.717, 1.165) is 45.7 Å². The Labute approximate surface area is 200 Å². The fraction of sp³-hybridized carbons (Fsp3) is 0.370. The molecule has 0 amide bonds. The Morgan fingerprint density at radius 1 is 1.06 bits per heavy atom. The minimum Gasteiger partial charge on any atom is -0.494 e. The Bertz CT molecular complexity index is 1300. The van der Waals surface area contributed by atoms with Crippen molar-refractivity contribution in [2.45, 2.75) is 59.9 Å². The molecule has 4 aromatic rings. The standard InChI is InChI=1S/C27H32N4O3/c1-6-30-24-14-20(12-13-21(24)16-28-30)25-15-23(18-34-27(4,5)19(3)32)29-31(25)17-22-10-8-9-11-26(22)33-7-2/h8-16H,6-7,17-18H2,1-5H3. The summed E-state index contributed by atoms with van der Waals surface area (Å²) in [6, 6.07) is 16.4. The molecule has 4 rings (SSSR count). The summed E-state index contributed by atoms with van der Waals surface area (Å²) in [5.74, 6) is 0.831. The van der Waals surface area contributed by atoms with Crippen molar-refractivity contribution in [2.24, 2.45) is 0 Å². The maximum Gasteiger partial charge on any atom is 0.161 e. The first kappa shape index (κ1) is 23.7. The van der Waals surface area contributed by atoms with E-state index < -0.39 is 5.60 Å². The second-order valence-corrected chi connectivity index (χ2v) is 8.81. The van der Waals surface area contributed by atoms with E-state index in [4.69, 9.17) is 14.6 Å². The summed E-state index contributed by atoms with van der Waals surface area (Å²) in [4.78, 5) is 11.9. The largest absolute Gasteiger partial charge is 0.494 e. The lowest BCUT2D eigenvalue weighted by atomic mass is 10.1.